The molecule has 0 N–H and O–H groups in total. The van der Waals surface area contributed by atoms with Crippen LogP contribution in [0.1, 0.15) is 24.8 Å². The quantitative estimate of drug-likeness (QED) is 0.699. The molecule has 0 heterocycles. The van der Waals surface area contributed by atoms with Crippen molar-refractivity contribution in [2.24, 2.45) is 5.92 Å². The summed E-state index contributed by atoms with van der Waals surface area (Å²) in [5, 5.41) is 0. The van der Waals surface area contributed by atoms with Crippen molar-refractivity contribution in [2.75, 3.05) is 0 Å². The fraction of sp³-hybridized carbons (Fsp3) is 0.385. The predicted molar refractivity (Wildman–Crippen MR) is 70.3 cm³/mol. The number of benzene rings is 1. The maximum absolute atomic E-state index is 3.79. The molecule has 0 amide bonds. The zero-order chi connectivity index (χ0) is 10.5. The molecule has 2 atom stereocenters. The minimum atomic E-state index is 0.282. The fourth-order valence-corrected chi connectivity index (χ4v) is 4.70. The Bertz CT molecular complexity index is 421. The van der Waals surface area contributed by atoms with Crippen molar-refractivity contribution in [3.8, 4) is 0 Å². The molecule has 1 aromatic rings. The van der Waals surface area contributed by atoms with Crippen LogP contribution in [0.15, 0.2) is 39.3 Å². The van der Waals surface area contributed by atoms with Crippen LogP contribution in [0.4, 0.5) is 0 Å². The SMILES string of the molecule is BrC1=C(Br)C2(c3ccccc3)CCC1C2. The second kappa shape index (κ2) is 3.46. The zero-order valence-corrected chi connectivity index (χ0v) is 11.5. The Morgan fingerprint density at radius 1 is 1.13 bits per heavy atom. The van der Waals surface area contributed by atoms with E-state index in [0.717, 1.165) is 5.92 Å². The summed E-state index contributed by atoms with van der Waals surface area (Å²) in [5.41, 5.74) is 1.75. The number of halogens is 2. The van der Waals surface area contributed by atoms with Gasteiger partial charge in [-0.2, -0.15) is 0 Å². The summed E-state index contributed by atoms with van der Waals surface area (Å²) in [6.07, 6.45) is 3.89. The van der Waals surface area contributed by atoms with E-state index in [2.05, 4.69) is 62.2 Å². The van der Waals surface area contributed by atoms with Crippen LogP contribution in [0.2, 0.25) is 0 Å². The zero-order valence-electron chi connectivity index (χ0n) is 8.34. The summed E-state index contributed by atoms with van der Waals surface area (Å²) >= 11 is 7.51. The van der Waals surface area contributed by atoms with Crippen molar-refractivity contribution in [1.82, 2.24) is 0 Å². The molecule has 2 unspecified atom stereocenters. The molecule has 1 saturated carbocycles. The third-order valence-electron chi connectivity index (χ3n) is 3.83. The summed E-state index contributed by atoms with van der Waals surface area (Å²) in [5.74, 6) is 0.750. The summed E-state index contributed by atoms with van der Waals surface area (Å²) < 4.78 is 2.79. The van der Waals surface area contributed by atoms with E-state index >= 15 is 0 Å². The molecule has 3 rings (SSSR count). The van der Waals surface area contributed by atoms with Gasteiger partial charge >= 0.3 is 0 Å². The van der Waals surface area contributed by atoms with E-state index in [1.54, 1.807) is 0 Å². The third-order valence-corrected chi connectivity index (χ3v) is 6.59. The highest BCUT2D eigenvalue weighted by molar-refractivity contribution is 9.14. The largest absolute Gasteiger partial charge is 0.0622 e. The van der Waals surface area contributed by atoms with Crippen molar-refractivity contribution in [3.05, 3.63) is 44.9 Å². The van der Waals surface area contributed by atoms with Crippen LogP contribution in [-0.2, 0) is 5.41 Å². The molecular formula is C13H12Br2. The lowest BCUT2D eigenvalue weighted by molar-refractivity contribution is 0.560. The summed E-state index contributed by atoms with van der Waals surface area (Å²) in [6, 6.07) is 10.9. The molecular weight excluding hydrogens is 316 g/mol. The Kier molecular flexibility index (Phi) is 2.33. The monoisotopic (exact) mass is 326 g/mol. The average Bonchev–Trinajstić information content (AvgIpc) is 2.82. The van der Waals surface area contributed by atoms with E-state index in [1.165, 1.54) is 33.8 Å². The molecule has 2 aliphatic rings. The summed E-state index contributed by atoms with van der Waals surface area (Å²) in [4.78, 5) is 0. The molecule has 0 nitrogen and oxygen atoms in total. The first-order chi connectivity index (χ1) is 7.24. The molecule has 2 bridgehead atoms. The molecule has 0 radical (unpaired) electrons. The van der Waals surface area contributed by atoms with Crippen LogP contribution in [0.25, 0.3) is 0 Å². The van der Waals surface area contributed by atoms with Gasteiger partial charge in [0.05, 0.1) is 0 Å². The highest BCUT2D eigenvalue weighted by Gasteiger charge is 2.50. The van der Waals surface area contributed by atoms with Gasteiger partial charge < -0.3 is 0 Å². The smallest absolute Gasteiger partial charge is 0.0283 e. The summed E-state index contributed by atoms with van der Waals surface area (Å²) in [7, 11) is 0. The first kappa shape index (κ1) is 10.1. The Morgan fingerprint density at radius 3 is 2.47 bits per heavy atom. The molecule has 0 aromatic heterocycles. The van der Waals surface area contributed by atoms with Gasteiger partial charge in [-0.15, -0.1) is 0 Å². The number of rotatable bonds is 1. The van der Waals surface area contributed by atoms with E-state index in [1.807, 2.05) is 0 Å². The second-order valence-electron chi connectivity index (χ2n) is 4.55. The molecule has 0 saturated heterocycles. The normalized spacial score (nSPS) is 33.9. The van der Waals surface area contributed by atoms with Crippen molar-refractivity contribution in [3.63, 3.8) is 0 Å². The van der Waals surface area contributed by atoms with Crippen molar-refractivity contribution in [2.45, 2.75) is 24.7 Å². The van der Waals surface area contributed by atoms with Gasteiger partial charge in [-0.05, 0) is 30.7 Å². The topological polar surface area (TPSA) is 0 Å². The highest BCUT2D eigenvalue weighted by Crippen LogP contribution is 2.61. The summed E-state index contributed by atoms with van der Waals surface area (Å²) in [6.45, 7) is 0. The van der Waals surface area contributed by atoms with Gasteiger partial charge in [0.15, 0.2) is 0 Å². The Hall–Kier alpha value is -0.0800. The second-order valence-corrected chi connectivity index (χ2v) is 6.20. The predicted octanol–water partition coefficient (Wildman–Crippen LogP) is 4.74. The molecule has 15 heavy (non-hydrogen) atoms. The van der Waals surface area contributed by atoms with Gasteiger partial charge in [-0.25, -0.2) is 0 Å². The number of fused-ring (bicyclic) bond motifs is 2. The maximum atomic E-state index is 3.79. The molecule has 1 fully saturated rings. The Labute approximate surface area is 107 Å². The Balaban J connectivity index is 2.13. The lowest BCUT2D eigenvalue weighted by atomic mass is 9.80. The van der Waals surface area contributed by atoms with Crippen molar-refractivity contribution < 1.29 is 0 Å². The first-order valence-electron chi connectivity index (χ1n) is 5.35. The van der Waals surface area contributed by atoms with Crippen LogP contribution < -0.4 is 0 Å². The number of hydrogen-bond donors (Lipinski definition) is 0. The van der Waals surface area contributed by atoms with Gasteiger partial charge in [0.1, 0.15) is 0 Å². The molecule has 2 aliphatic carbocycles. The fourth-order valence-electron chi connectivity index (χ4n) is 3.01. The van der Waals surface area contributed by atoms with Gasteiger partial charge in [-0.1, -0.05) is 62.2 Å². The average molecular weight is 328 g/mol. The third kappa shape index (κ3) is 1.31. The van der Waals surface area contributed by atoms with E-state index in [9.17, 15) is 0 Å². The highest BCUT2D eigenvalue weighted by atomic mass is 79.9. The lowest BCUT2D eigenvalue weighted by Crippen LogP contribution is -2.20. The van der Waals surface area contributed by atoms with E-state index in [0.29, 0.717) is 0 Å². The van der Waals surface area contributed by atoms with Crippen molar-refractivity contribution >= 4 is 31.9 Å². The number of hydrogen-bond acceptors (Lipinski definition) is 0. The lowest BCUT2D eigenvalue weighted by Gasteiger charge is -2.28. The van der Waals surface area contributed by atoms with Gasteiger partial charge in [0, 0.05) is 14.4 Å². The van der Waals surface area contributed by atoms with Crippen LogP contribution in [0, 0.1) is 5.92 Å². The van der Waals surface area contributed by atoms with E-state index in [4.69, 9.17) is 0 Å². The van der Waals surface area contributed by atoms with Crippen LogP contribution in [0.3, 0.4) is 0 Å². The Morgan fingerprint density at radius 2 is 1.87 bits per heavy atom. The minimum absolute atomic E-state index is 0.282. The van der Waals surface area contributed by atoms with Gasteiger partial charge in [0.2, 0.25) is 0 Å². The van der Waals surface area contributed by atoms with Gasteiger partial charge in [0.25, 0.3) is 0 Å². The molecule has 78 valence electrons. The van der Waals surface area contributed by atoms with Crippen LogP contribution in [0.5, 0.6) is 0 Å². The van der Waals surface area contributed by atoms with E-state index in [-0.39, 0.29) is 5.41 Å². The maximum Gasteiger partial charge on any atom is 0.0283 e. The molecule has 2 heteroatoms. The van der Waals surface area contributed by atoms with Crippen LogP contribution >= 0.6 is 31.9 Å². The molecule has 1 aromatic carbocycles. The molecule has 0 spiro atoms. The van der Waals surface area contributed by atoms with Crippen molar-refractivity contribution in [1.29, 1.82) is 0 Å². The molecule has 0 aliphatic heterocycles. The first-order valence-corrected chi connectivity index (χ1v) is 6.94. The number of allylic oxidation sites excluding steroid dienone is 2. The van der Waals surface area contributed by atoms with Crippen LogP contribution in [-0.4, -0.2) is 0 Å². The van der Waals surface area contributed by atoms with E-state index < -0.39 is 0 Å². The minimum Gasteiger partial charge on any atom is -0.0622 e. The standard InChI is InChI=1S/C13H12Br2/c14-11-9-6-7-13(8-9,12(11)15)10-4-2-1-3-5-10/h1-5,9H,6-8H2. The van der Waals surface area contributed by atoms with Gasteiger partial charge in [-0.3, -0.25) is 0 Å².